The molecule has 2 aromatic carbocycles. The molecule has 0 aromatic heterocycles. The van der Waals surface area contributed by atoms with E-state index in [1.54, 1.807) is 24.3 Å². The predicted octanol–water partition coefficient (Wildman–Crippen LogP) is 4.75. The van der Waals surface area contributed by atoms with E-state index in [0.717, 1.165) is 0 Å². The van der Waals surface area contributed by atoms with E-state index in [0.29, 0.717) is 21.4 Å². The number of rotatable bonds is 2. The highest BCUT2D eigenvalue weighted by Gasteiger charge is 2.03. The molecule has 2 nitrogen and oxygen atoms in total. The van der Waals surface area contributed by atoms with Crippen LogP contribution in [0.1, 0.15) is 5.56 Å². The zero-order chi connectivity index (χ0) is 13.1. The van der Waals surface area contributed by atoms with Gasteiger partial charge in [0.25, 0.3) is 0 Å². The molecule has 0 amide bonds. The quantitative estimate of drug-likeness (QED) is 0.862. The Kier molecular flexibility index (Phi) is 3.71. The molecule has 5 heteroatoms. The predicted molar refractivity (Wildman–Crippen MR) is 70.9 cm³/mol. The Hall–Kier alpha value is -1.76. The second-order valence-corrected chi connectivity index (χ2v) is 4.41. The van der Waals surface area contributed by atoms with Gasteiger partial charge in [0.15, 0.2) is 0 Å². The SMILES string of the molecule is N#Cc1cc(F)cc(Nc2ccc(Cl)c(Cl)c2)c1. The highest BCUT2D eigenvalue weighted by molar-refractivity contribution is 6.42. The fourth-order valence-electron chi connectivity index (χ4n) is 1.47. The third-order valence-corrected chi connectivity index (χ3v) is 2.97. The smallest absolute Gasteiger partial charge is 0.126 e. The Bertz CT molecular complexity index is 635. The first-order chi connectivity index (χ1) is 8.58. The van der Waals surface area contributed by atoms with Gasteiger partial charge in [-0.05, 0) is 36.4 Å². The van der Waals surface area contributed by atoms with Crippen molar-refractivity contribution in [2.75, 3.05) is 5.32 Å². The molecule has 18 heavy (non-hydrogen) atoms. The molecule has 0 radical (unpaired) electrons. The van der Waals surface area contributed by atoms with Crippen LogP contribution < -0.4 is 5.32 Å². The zero-order valence-corrected chi connectivity index (χ0v) is 10.6. The molecule has 90 valence electrons. The maximum atomic E-state index is 13.2. The van der Waals surface area contributed by atoms with Crippen LogP contribution in [0.25, 0.3) is 0 Å². The van der Waals surface area contributed by atoms with E-state index in [1.807, 2.05) is 6.07 Å². The molecule has 0 spiro atoms. The van der Waals surface area contributed by atoms with E-state index >= 15 is 0 Å². The average molecular weight is 281 g/mol. The minimum Gasteiger partial charge on any atom is -0.355 e. The van der Waals surface area contributed by atoms with Crippen LogP contribution in [-0.2, 0) is 0 Å². The zero-order valence-electron chi connectivity index (χ0n) is 9.05. The molecule has 0 atom stereocenters. The Balaban J connectivity index is 2.31. The summed E-state index contributed by atoms with van der Waals surface area (Å²) in [5, 5.41) is 12.5. The summed E-state index contributed by atoms with van der Waals surface area (Å²) in [6, 6.07) is 10.9. The van der Waals surface area contributed by atoms with Gasteiger partial charge in [-0.2, -0.15) is 5.26 Å². The van der Waals surface area contributed by atoms with Gasteiger partial charge < -0.3 is 5.32 Å². The van der Waals surface area contributed by atoms with E-state index < -0.39 is 5.82 Å². The first-order valence-electron chi connectivity index (χ1n) is 5.01. The molecule has 0 saturated carbocycles. The number of nitriles is 1. The highest BCUT2D eigenvalue weighted by atomic mass is 35.5. The van der Waals surface area contributed by atoms with Crippen molar-refractivity contribution in [3.8, 4) is 6.07 Å². The van der Waals surface area contributed by atoms with Gasteiger partial charge >= 0.3 is 0 Å². The van der Waals surface area contributed by atoms with Crippen LogP contribution in [0.3, 0.4) is 0 Å². The van der Waals surface area contributed by atoms with Crippen molar-refractivity contribution < 1.29 is 4.39 Å². The number of nitrogens with one attached hydrogen (secondary N) is 1. The normalized spacial score (nSPS) is 9.89. The highest BCUT2D eigenvalue weighted by Crippen LogP contribution is 2.27. The summed E-state index contributed by atoms with van der Waals surface area (Å²) in [6.07, 6.45) is 0. The summed E-state index contributed by atoms with van der Waals surface area (Å²) < 4.78 is 13.2. The van der Waals surface area contributed by atoms with E-state index in [2.05, 4.69) is 5.32 Å². The summed E-state index contributed by atoms with van der Waals surface area (Å²) in [5.41, 5.74) is 1.39. The number of anilines is 2. The number of hydrogen-bond donors (Lipinski definition) is 1. The second kappa shape index (κ2) is 5.26. The van der Waals surface area contributed by atoms with Crippen LogP contribution >= 0.6 is 23.2 Å². The molecule has 0 aliphatic rings. The number of hydrogen-bond acceptors (Lipinski definition) is 2. The molecule has 0 bridgehead atoms. The van der Waals surface area contributed by atoms with Crippen LogP contribution in [0.5, 0.6) is 0 Å². The molecule has 0 fully saturated rings. The van der Waals surface area contributed by atoms with Gasteiger partial charge in [0.05, 0.1) is 21.7 Å². The maximum absolute atomic E-state index is 13.2. The van der Waals surface area contributed by atoms with Crippen LogP contribution in [-0.4, -0.2) is 0 Å². The summed E-state index contributed by atoms with van der Waals surface area (Å²) in [7, 11) is 0. The van der Waals surface area contributed by atoms with Crippen molar-refractivity contribution in [3.05, 3.63) is 57.8 Å². The van der Waals surface area contributed by atoms with Gasteiger partial charge in [-0.3, -0.25) is 0 Å². The maximum Gasteiger partial charge on any atom is 0.126 e. The number of nitrogens with zero attached hydrogens (tertiary/aromatic N) is 1. The lowest BCUT2D eigenvalue weighted by atomic mass is 10.2. The monoisotopic (exact) mass is 280 g/mol. The fraction of sp³-hybridized carbons (Fsp3) is 0. The summed E-state index contributed by atoms with van der Waals surface area (Å²) in [5.74, 6) is -0.475. The van der Waals surface area contributed by atoms with Gasteiger partial charge in [0.1, 0.15) is 5.82 Å². The largest absolute Gasteiger partial charge is 0.355 e. The van der Waals surface area contributed by atoms with E-state index in [9.17, 15) is 4.39 Å². The lowest BCUT2D eigenvalue weighted by Crippen LogP contribution is -1.92. The minimum atomic E-state index is -0.475. The van der Waals surface area contributed by atoms with Gasteiger partial charge in [-0.1, -0.05) is 23.2 Å². The van der Waals surface area contributed by atoms with Crippen LogP contribution in [0.15, 0.2) is 36.4 Å². The Morgan fingerprint density at radius 3 is 2.44 bits per heavy atom. The van der Waals surface area contributed by atoms with Crippen molar-refractivity contribution in [2.24, 2.45) is 0 Å². The lowest BCUT2D eigenvalue weighted by Gasteiger charge is -2.08. The van der Waals surface area contributed by atoms with Crippen molar-refractivity contribution in [3.63, 3.8) is 0 Å². The number of benzene rings is 2. The molecule has 0 heterocycles. The summed E-state index contributed by atoms with van der Waals surface area (Å²) in [4.78, 5) is 0. The van der Waals surface area contributed by atoms with Gasteiger partial charge in [-0.25, -0.2) is 4.39 Å². The minimum absolute atomic E-state index is 0.248. The summed E-state index contributed by atoms with van der Waals surface area (Å²) >= 11 is 11.7. The molecule has 0 aliphatic carbocycles. The molecule has 2 aromatic rings. The van der Waals surface area contributed by atoms with Crippen molar-refractivity contribution in [1.29, 1.82) is 5.26 Å². The fourth-order valence-corrected chi connectivity index (χ4v) is 1.76. The lowest BCUT2D eigenvalue weighted by molar-refractivity contribution is 0.628. The van der Waals surface area contributed by atoms with Gasteiger partial charge in [0.2, 0.25) is 0 Å². The van der Waals surface area contributed by atoms with Gasteiger partial charge in [-0.15, -0.1) is 0 Å². The average Bonchev–Trinajstić information content (AvgIpc) is 2.33. The second-order valence-electron chi connectivity index (χ2n) is 3.59. The molecule has 0 unspecified atom stereocenters. The van der Waals surface area contributed by atoms with Crippen molar-refractivity contribution >= 4 is 34.6 Å². The Morgan fingerprint density at radius 1 is 1.00 bits per heavy atom. The molecule has 0 aliphatic heterocycles. The Labute approximate surface area is 114 Å². The molecular weight excluding hydrogens is 274 g/mol. The van der Waals surface area contributed by atoms with E-state index in [4.69, 9.17) is 28.5 Å². The molecule has 0 saturated heterocycles. The number of halogens is 3. The van der Waals surface area contributed by atoms with Crippen LogP contribution in [0.4, 0.5) is 15.8 Å². The van der Waals surface area contributed by atoms with E-state index in [-0.39, 0.29) is 5.56 Å². The van der Waals surface area contributed by atoms with Crippen LogP contribution in [0.2, 0.25) is 10.0 Å². The third kappa shape index (κ3) is 2.92. The Morgan fingerprint density at radius 2 is 1.78 bits per heavy atom. The van der Waals surface area contributed by atoms with Gasteiger partial charge in [0, 0.05) is 11.4 Å². The molecular formula is C13H7Cl2FN2. The first kappa shape index (κ1) is 12.7. The van der Waals surface area contributed by atoms with E-state index in [1.165, 1.54) is 12.1 Å². The van der Waals surface area contributed by atoms with Crippen molar-refractivity contribution in [1.82, 2.24) is 0 Å². The van der Waals surface area contributed by atoms with Crippen LogP contribution in [0, 0.1) is 17.1 Å². The molecule has 1 N–H and O–H groups in total. The molecule has 2 rings (SSSR count). The third-order valence-electron chi connectivity index (χ3n) is 2.24. The standard InChI is InChI=1S/C13H7Cl2FN2/c14-12-2-1-10(6-13(12)15)18-11-4-8(7-17)3-9(16)5-11/h1-6,18H. The topological polar surface area (TPSA) is 35.8 Å². The summed E-state index contributed by atoms with van der Waals surface area (Å²) in [6.45, 7) is 0. The van der Waals surface area contributed by atoms with Crippen molar-refractivity contribution in [2.45, 2.75) is 0 Å². The first-order valence-corrected chi connectivity index (χ1v) is 5.77.